The minimum Gasteiger partial charge on any atom is -0.497 e. The number of aliphatic imine (C=N–C) groups is 1. The van der Waals surface area contributed by atoms with Gasteiger partial charge in [-0.2, -0.15) is 0 Å². The minimum absolute atomic E-state index is 0. The zero-order valence-electron chi connectivity index (χ0n) is 18.0. The standard InChI is InChI=1S/C21H34N4O3.HI/c1-25(2)19(26)15-23-20(24-16-21(10-11-21)12-14-27-3)22-13-9-17-5-7-18(28-4)8-6-17;/h5-8H,9-16H2,1-4H3,(H2,22,23,24);1H. The number of nitrogens with zero attached hydrogens (tertiary/aromatic N) is 2. The van der Waals surface area contributed by atoms with Gasteiger partial charge in [-0.25, -0.2) is 4.99 Å². The van der Waals surface area contributed by atoms with Crippen LogP contribution in [0, 0.1) is 5.41 Å². The van der Waals surface area contributed by atoms with Crippen LogP contribution in [0.2, 0.25) is 0 Å². The van der Waals surface area contributed by atoms with Gasteiger partial charge in [0.25, 0.3) is 0 Å². The summed E-state index contributed by atoms with van der Waals surface area (Å²) in [6, 6.07) is 8.05. The normalized spacial score (nSPS) is 14.6. The molecule has 0 unspecified atom stereocenters. The van der Waals surface area contributed by atoms with Crippen LogP contribution < -0.4 is 15.4 Å². The van der Waals surface area contributed by atoms with E-state index in [1.165, 1.54) is 18.4 Å². The summed E-state index contributed by atoms with van der Waals surface area (Å²) in [6.07, 6.45) is 4.33. The summed E-state index contributed by atoms with van der Waals surface area (Å²) in [7, 11) is 6.89. The van der Waals surface area contributed by atoms with Gasteiger partial charge in [0.1, 0.15) is 12.3 Å². The van der Waals surface area contributed by atoms with Gasteiger partial charge in [-0.15, -0.1) is 24.0 Å². The lowest BCUT2D eigenvalue weighted by Gasteiger charge is -2.19. The second-order valence-corrected chi connectivity index (χ2v) is 7.57. The molecule has 0 bridgehead atoms. The van der Waals surface area contributed by atoms with Crippen molar-refractivity contribution in [1.29, 1.82) is 0 Å². The number of likely N-dealkylation sites (N-methyl/N-ethyl adjacent to an activating group) is 1. The molecule has 0 atom stereocenters. The first-order valence-electron chi connectivity index (χ1n) is 9.82. The number of halogens is 1. The number of methoxy groups -OCH3 is 2. The first kappa shape index (κ1) is 25.5. The highest BCUT2D eigenvalue weighted by molar-refractivity contribution is 14.0. The fourth-order valence-corrected chi connectivity index (χ4v) is 2.86. The van der Waals surface area contributed by atoms with Crippen LogP contribution in [0.15, 0.2) is 29.3 Å². The van der Waals surface area contributed by atoms with Gasteiger partial charge in [-0.1, -0.05) is 12.1 Å². The second-order valence-electron chi connectivity index (χ2n) is 7.57. The van der Waals surface area contributed by atoms with Crippen molar-refractivity contribution >= 4 is 35.8 Å². The lowest BCUT2D eigenvalue weighted by Crippen LogP contribution is -2.42. The molecule has 0 aromatic heterocycles. The van der Waals surface area contributed by atoms with Crippen molar-refractivity contribution in [2.45, 2.75) is 25.7 Å². The molecule has 0 aliphatic heterocycles. The van der Waals surface area contributed by atoms with E-state index < -0.39 is 0 Å². The number of ether oxygens (including phenoxy) is 2. The van der Waals surface area contributed by atoms with Gasteiger partial charge in [-0.05, 0) is 48.8 Å². The van der Waals surface area contributed by atoms with Crippen molar-refractivity contribution in [3.05, 3.63) is 29.8 Å². The Morgan fingerprint density at radius 1 is 1.17 bits per heavy atom. The third-order valence-corrected chi connectivity index (χ3v) is 5.16. The summed E-state index contributed by atoms with van der Waals surface area (Å²) in [4.78, 5) is 17.9. The van der Waals surface area contributed by atoms with Crippen LogP contribution in [-0.4, -0.2) is 71.3 Å². The van der Waals surface area contributed by atoms with Crippen LogP contribution in [0.25, 0.3) is 0 Å². The molecule has 1 saturated carbocycles. The molecule has 164 valence electrons. The van der Waals surface area contributed by atoms with E-state index in [0.717, 1.165) is 38.3 Å². The van der Waals surface area contributed by atoms with Gasteiger partial charge >= 0.3 is 0 Å². The minimum atomic E-state index is -0.0169. The smallest absolute Gasteiger partial charge is 0.243 e. The van der Waals surface area contributed by atoms with Gasteiger partial charge in [0.2, 0.25) is 5.91 Å². The topological polar surface area (TPSA) is 75.2 Å². The van der Waals surface area contributed by atoms with Crippen molar-refractivity contribution in [3.8, 4) is 5.75 Å². The van der Waals surface area contributed by atoms with E-state index in [1.807, 2.05) is 12.1 Å². The van der Waals surface area contributed by atoms with Crippen molar-refractivity contribution < 1.29 is 14.3 Å². The first-order chi connectivity index (χ1) is 13.5. The number of hydrogen-bond acceptors (Lipinski definition) is 4. The molecule has 1 aliphatic carbocycles. The van der Waals surface area contributed by atoms with Crippen LogP contribution >= 0.6 is 24.0 Å². The second kappa shape index (κ2) is 12.9. The van der Waals surface area contributed by atoms with Gasteiger partial charge < -0.3 is 25.0 Å². The van der Waals surface area contributed by atoms with Crippen LogP contribution in [-0.2, 0) is 16.0 Å². The molecule has 0 radical (unpaired) electrons. The van der Waals surface area contributed by atoms with Crippen molar-refractivity contribution in [3.63, 3.8) is 0 Å². The summed E-state index contributed by atoms with van der Waals surface area (Å²) in [5, 5.41) is 6.78. The summed E-state index contributed by atoms with van der Waals surface area (Å²) in [5.41, 5.74) is 1.52. The van der Waals surface area contributed by atoms with Crippen molar-refractivity contribution in [2.24, 2.45) is 10.4 Å². The molecule has 7 nitrogen and oxygen atoms in total. The number of carbonyl (C=O) groups is 1. The summed E-state index contributed by atoms with van der Waals surface area (Å²) in [5.74, 6) is 1.53. The van der Waals surface area contributed by atoms with Gasteiger partial charge in [0.15, 0.2) is 5.96 Å². The molecular formula is C21H35IN4O3. The lowest BCUT2D eigenvalue weighted by atomic mass is 10.0. The number of benzene rings is 1. The van der Waals surface area contributed by atoms with Gasteiger partial charge in [0.05, 0.1) is 7.11 Å². The highest BCUT2D eigenvalue weighted by Crippen LogP contribution is 2.48. The zero-order chi connectivity index (χ0) is 20.4. The van der Waals surface area contributed by atoms with Crippen LogP contribution in [0.1, 0.15) is 24.8 Å². The monoisotopic (exact) mass is 518 g/mol. The Bertz CT molecular complexity index is 646. The average molecular weight is 518 g/mol. The largest absolute Gasteiger partial charge is 0.497 e. The average Bonchev–Trinajstić information content (AvgIpc) is 3.48. The number of hydrogen-bond donors (Lipinski definition) is 2. The van der Waals surface area contributed by atoms with Crippen molar-refractivity contribution in [2.75, 3.05) is 54.6 Å². The molecule has 0 spiro atoms. The SMILES string of the molecule is COCCC1(CNC(=NCC(=O)N(C)C)NCCc2ccc(OC)cc2)CC1.I. The fraction of sp³-hybridized carbons (Fsp3) is 0.619. The van der Waals surface area contributed by atoms with E-state index in [2.05, 4.69) is 27.8 Å². The maximum atomic E-state index is 11.9. The maximum absolute atomic E-state index is 11.9. The van der Waals surface area contributed by atoms with E-state index in [0.29, 0.717) is 11.4 Å². The molecule has 1 aromatic rings. The predicted octanol–water partition coefficient (Wildman–Crippen LogP) is 2.30. The van der Waals surface area contributed by atoms with E-state index in [9.17, 15) is 4.79 Å². The Kier molecular flexibility index (Phi) is 11.3. The third-order valence-electron chi connectivity index (χ3n) is 5.16. The predicted molar refractivity (Wildman–Crippen MR) is 127 cm³/mol. The van der Waals surface area contributed by atoms with E-state index in [1.54, 1.807) is 33.2 Å². The Balaban J connectivity index is 0.00000420. The highest BCUT2D eigenvalue weighted by atomic mass is 127. The molecule has 1 amide bonds. The van der Waals surface area contributed by atoms with Crippen LogP contribution in [0.3, 0.4) is 0 Å². The zero-order valence-corrected chi connectivity index (χ0v) is 20.3. The number of nitrogens with one attached hydrogen (secondary N) is 2. The molecule has 1 aromatic carbocycles. The molecule has 0 heterocycles. The highest BCUT2D eigenvalue weighted by Gasteiger charge is 2.41. The molecule has 2 rings (SSSR count). The van der Waals surface area contributed by atoms with E-state index >= 15 is 0 Å². The fourth-order valence-electron chi connectivity index (χ4n) is 2.86. The molecule has 8 heteroatoms. The summed E-state index contributed by atoms with van der Waals surface area (Å²) in [6.45, 7) is 2.49. The number of carbonyl (C=O) groups excluding carboxylic acids is 1. The Hall–Kier alpha value is -1.55. The molecule has 1 aliphatic rings. The van der Waals surface area contributed by atoms with Gasteiger partial charge in [0, 0.05) is 40.9 Å². The number of rotatable bonds is 11. The van der Waals surface area contributed by atoms with Crippen LogP contribution in [0.4, 0.5) is 0 Å². The Labute approximate surface area is 191 Å². The lowest BCUT2D eigenvalue weighted by molar-refractivity contribution is -0.127. The molecule has 1 fully saturated rings. The Morgan fingerprint density at radius 2 is 1.86 bits per heavy atom. The number of amides is 1. The Morgan fingerprint density at radius 3 is 2.41 bits per heavy atom. The first-order valence-corrected chi connectivity index (χ1v) is 9.82. The molecule has 0 saturated heterocycles. The summed E-state index contributed by atoms with van der Waals surface area (Å²) < 4.78 is 10.4. The van der Waals surface area contributed by atoms with Crippen LogP contribution in [0.5, 0.6) is 5.75 Å². The van der Waals surface area contributed by atoms with E-state index in [-0.39, 0.29) is 36.4 Å². The summed E-state index contributed by atoms with van der Waals surface area (Å²) >= 11 is 0. The molecule has 29 heavy (non-hydrogen) atoms. The maximum Gasteiger partial charge on any atom is 0.243 e. The van der Waals surface area contributed by atoms with Gasteiger partial charge in [-0.3, -0.25) is 4.79 Å². The molecular weight excluding hydrogens is 483 g/mol. The van der Waals surface area contributed by atoms with E-state index in [4.69, 9.17) is 9.47 Å². The number of guanidine groups is 1. The quantitative estimate of drug-likeness (QED) is 0.267. The van der Waals surface area contributed by atoms with Crippen molar-refractivity contribution in [1.82, 2.24) is 15.5 Å². The molecule has 2 N–H and O–H groups in total. The third kappa shape index (κ3) is 9.20.